The first-order valence-electron chi connectivity index (χ1n) is 7.38. The van der Waals surface area contributed by atoms with Crippen LogP contribution in [0.5, 0.6) is 11.5 Å². The summed E-state index contributed by atoms with van der Waals surface area (Å²) in [5, 5.41) is 0. The summed E-state index contributed by atoms with van der Waals surface area (Å²) in [5.74, 6) is 1.48. The number of rotatable bonds is 10. The van der Waals surface area contributed by atoms with Gasteiger partial charge in [-0.3, -0.25) is 0 Å². The number of hydrogen-bond acceptors (Lipinski definition) is 3. The number of ether oxygens (including phenoxy) is 2. The van der Waals surface area contributed by atoms with Crippen LogP contribution in [0.25, 0.3) is 0 Å². The molecule has 20 heavy (non-hydrogen) atoms. The van der Waals surface area contributed by atoms with Gasteiger partial charge < -0.3 is 15.2 Å². The minimum Gasteiger partial charge on any atom is -0.490 e. The second-order valence-electron chi connectivity index (χ2n) is 4.72. The monoisotopic (exact) mass is 295 g/mol. The molecule has 0 heterocycles. The fourth-order valence-electron chi connectivity index (χ4n) is 1.94. The van der Waals surface area contributed by atoms with Gasteiger partial charge >= 0.3 is 0 Å². The number of hydrogen-bond donors (Lipinski definition) is 1. The highest BCUT2D eigenvalue weighted by Crippen LogP contribution is 2.28. The Labute approximate surface area is 127 Å². The molecular formula is C16H25NO2S. The first-order chi connectivity index (χ1) is 9.69. The van der Waals surface area contributed by atoms with E-state index in [9.17, 15) is 0 Å². The first-order valence-corrected chi connectivity index (χ1v) is 7.79. The Bertz CT molecular complexity index is 421. The van der Waals surface area contributed by atoms with Crippen molar-refractivity contribution in [3.8, 4) is 11.5 Å². The van der Waals surface area contributed by atoms with Gasteiger partial charge in [0.2, 0.25) is 0 Å². The molecule has 3 nitrogen and oxygen atoms in total. The van der Waals surface area contributed by atoms with Gasteiger partial charge in [-0.05, 0) is 31.5 Å². The van der Waals surface area contributed by atoms with Gasteiger partial charge in [0, 0.05) is 5.56 Å². The smallest absolute Gasteiger partial charge is 0.161 e. The van der Waals surface area contributed by atoms with Crippen molar-refractivity contribution in [2.24, 2.45) is 5.73 Å². The third-order valence-corrected chi connectivity index (χ3v) is 3.27. The topological polar surface area (TPSA) is 44.5 Å². The lowest BCUT2D eigenvalue weighted by atomic mass is 10.1. The second kappa shape index (κ2) is 9.59. The van der Waals surface area contributed by atoms with Gasteiger partial charge in [0.25, 0.3) is 0 Å². The van der Waals surface area contributed by atoms with Crippen LogP contribution >= 0.6 is 12.2 Å². The van der Waals surface area contributed by atoms with Gasteiger partial charge in [0.15, 0.2) is 11.5 Å². The van der Waals surface area contributed by atoms with Crippen LogP contribution in [0.1, 0.15) is 51.5 Å². The molecule has 4 heteroatoms. The average molecular weight is 295 g/mol. The molecule has 1 rings (SSSR count). The number of thiocarbonyl (C=S) groups is 1. The van der Waals surface area contributed by atoms with Crippen LogP contribution in [0.4, 0.5) is 0 Å². The Morgan fingerprint density at radius 1 is 1.05 bits per heavy atom. The van der Waals surface area contributed by atoms with E-state index in [1.54, 1.807) is 0 Å². The highest BCUT2D eigenvalue weighted by Gasteiger charge is 2.07. The molecular weight excluding hydrogens is 270 g/mol. The second-order valence-corrected chi connectivity index (χ2v) is 5.16. The van der Waals surface area contributed by atoms with Crippen molar-refractivity contribution in [1.82, 2.24) is 0 Å². The third kappa shape index (κ3) is 5.78. The van der Waals surface area contributed by atoms with E-state index in [2.05, 4.69) is 6.92 Å². The zero-order valence-electron chi connectivity index (χ0n) is 12.5. The van der Waals surface area contributed by atoms with Gasteiger partial charge in [-0.2, -0.15) is 0 Å². The van der Waals surface area contributed by atoms with Gasteiger partial charge in [0.1, 0.15) is 4.99 Å². The summed E-state index contributed by atoms with van der Waals surface area (Å²) in [5.41, 5.74) is 6.44. The normalized spacial score (nSPS) is 10.3. The Hall–Kier alpha value is -1.29. The Morgan fingerprint density at radius 2 is 1.80 bits per heavy atom. The predicted molar refractivity (Wildman–Crippen MR) is 87.8 cm³/mol. The fourth-order valence-corrected chi connectivity index (χ4v) is 2.06. The van der Waals surface area contributed by atoms with Gasteiger partial charge in [-0.15, -0.1) is 0 Å². The molecule has 0 aliphatic carbocycles. The number of nitrogens with two attached hydrogens (primary N) is 1. The summed E-state index contributed by atoms with van der Waals surface area (Å²) in [7, 11) is 0. The number of unbranched alkanes of at least 4 members (excludes halogenated alkanes) is 4. The molecule has 0 saturated carbocycles. The molecule has 0 radical (unpaired) electrons. The largest absolute Gasteiger partial charge is 0.490 e. The Balaban J connectivity index is 2.53. The standard InChI is InChI=1S/C16H25NO2S/c1-3-5-6-7-8-11-19-14-10-9-13(16(17)20)12-15(14)18-4-2/h9-10,12H,3-8,11H2,1-2H3,(H2,17,20). The van der Waals surface area contributed by atoms with E-state index in [0.29, 0.717) is 17.3 Å². The molecule has 0 saturated heterocycles. The van der Waals surface area contributed by atoms with Crippen molar-refractivity contribution in [3.63, 3.8) is 0 Å². The molecule has 0 atom stereocenters. The summed E-state index contributed by atoms with van der Waals surface area (Å²) in [4.78, 5) is 0.372. The lowest BCUT2D eigenvalue weighted by Crippen LogP contribution is -2.10. The van der Waals surface area contributed by atoms with Crippen molar-refractivity contribution < 1.29 is 9.47 Å². The fraction of sp³-hybridized carbons (Fsp3) is 0.562. The molecule has 2 N–H and O–H groups in total. The molecule has 1 aromatic rings. The summed E-state index contributed by atoms with van der Waals surface area (Å²) < 4.78 is 11.4. The Morgan fingerprint density at radius 3 is 2.45 bits per heavy atom. The van der Waals surface area contributed by atoms with Crippen LogP contribution < -0.4 is 15.2 Å². The zero-order chi connectivity index (χ0) is 14.8. The molecule has 112 valence electrons. The summed E-state index contributed by atoms with van der Waals surface area (Å²) in [6, 6.07) is 5.60. The summed E-state index contributed by atoms with van der Waals surface area (Å²) in [6.45, 7) is 5.47. The molecule has 0 aliphatic rings. The quantitative estimate of drug-likeness (QED) is 0.522. The maximum atomic E-state index is 5.80. The minimum atomic E-state index is 0.372. The maximum Gasteiger partial charge on any atom is 0.161 e. The van der Waals surface area contributed by atoms with Crippen LogP contribution in [0, 0.1) is 0 Å². The van der Waals surface area contributed by atoms with Gasteiger partial charge in [0.05, 0.1) is 13.2 Å². The van der Waals surface area contributed by atoms with E-state index >= 15 is 0 Å². The lowest BCUT2D eigenvalue weighted by molar-refractivity contribution is 0.270. The van der Waals surface area contributed by atoms with E-state index in [-0.39, 0.29) is 0 Å². The van der Waals surface area contributed by atoms with Crippen molar-refractivity contribution in [2.45, 2.75) is 46.0 Å². The van der Waals surface area contributed by atoms with E-state index in [4.69, 9.17) is 27.4 Å². The third-order valence-electron chi connectivity index (χ3n) is 3.03. The molecule has 0 bridgehead atoms. The van der Waals surface area contributed by atoms with Crippen LogP contribution in [0.15, 0.2) is 18.2 Å². The molecule has 0 aliphatic heterocycles. The molecule has 0 spiro atoms. The van der Waals surface area contributed by atoms with Gasteiger partial charge in [-0.1, -0.05) is 44.8 Å². The summed E-state index contributed by atoms with van der Waals surface area (Å²) in [6.07, 6.45) is 6.12. The van der Waals surface area contributed by atoms with Crippen LogP contribution in [-0.2, 0) is 0 Å². The van der Waals surface area contributed by atoms with Crippen LogP contribution in [0.3, 0.4) is 0 Å². The SMILES string of the molecule is CCCCCCCOc1ccc(C(N)=S)cc1OCC. The maximum absolute atomic E-state index is 5.80. The Kier molecular flexibility index (Phi) is 8.04. The highest BCUT2D eigenvalue weighted by molar-refractivity contribution is 7.80. The van der Waals surface area contributed by atoms with Crippen molar-refractivity contribution in [3.05, 3.63) is 23.8 Å². The van der Waals surface area contributed by atoms with Crippen molar-refractivity contribution in [1.29, 1.82) is 0 Å². The van der Waals surface area contributed by atoms with E-state index in [0.717, 1.165) is 24.3 Å². The summed E-state index contributed by atoms with van der Waals surface area (Å²) >= 11 is 4.98. The van der Waals surface area contributed by atoms with Crippen molar-refractivity contribution in [2.75, 3.05) is 13.2 Å². The number of benzene rings is 1. The molecule has 0 aromatic heterocycles. The first kappa shape index (κ1) is 16.8. The lowest BCUT2D eigenvalue weighted by Gasteiger charge is -2.13. The van der Waals surface area contributed by atoms with E-state index in [1.807, 2.05) is 25.1 Å². The molecule has 1 aromatic carbocycles. The highest BCUT2D eigenvalue weighted by atomic mass is 32.1. The van der Waals surface area contributed by atoms with Crippen LogP contribution in [0.2, 0.25) is 0 Å². The molecule has 0 fully saturated rings. The van der Waals surface area contributed by atoms with E-state index in [1.165, 1.54) is 25.7 Å². The van der Waals surface area contributed by atoms with E-state index < -0.39 is 0 Å². The molecule has 0 unspecified atom stereocenters. The average Bonchev–Trinajstić information content (AvgIpc) is 2.44. The zero-order valence-corrected chi connectivity index (χ0v) is 13.3. The molecule has 0 amide bonds. The van der Waals surface area contributed by atoms with Crippen molar-refractivity contribution >= 4 is 17.2 Å². The predicted octanol–water partition coefficient (Wildman–Crippen LogP) is 4.07. The van der Waals surface area contributed by atoms with Gasteiger partial charge in [-0.25, -0.2) is 0 Å². The minimum absolute atomic E-state index is 0.372. The van der Waals surface area contributed by atoms with Crippen LogP contribution in [-0.4, -0.2) is 18.2 Å².